The van der Waals surface area contributed by atoms with Crippen molar-refractivity contribution in [2.45, 2.75) is 31.5 Å². The number of aliphatic hydroxyl groups is 1. The zero-order valence-electron chi connectivity index (χ0n) is 6.95. The smallest absolute Gasteiger partial charge is 0.0655 e. The van der Waals surface area contributed by atoms with Crippen molar-refractivity contribution in [3.05, 3.63) is 0 Å². The minimum atomic E-state index is -0.173. The Morgan fingerprint density at radius 3 is 3.09 bits per heavy atom. The first kappa shape index (κ1) is 9.36. The van der Waals surface area contributed by atoms with Gasteiger partial charge in [0.05, 0.1) is 12.2 Å². The molecule has 0 amide bonds. The van der Waals surface area contributed by atoms with Crippen LogP contribution in [0.15, 0.2) is 0 Å². The molecule has 66 valence electrons. The van der Waals surface area contributed by atoms with Gasteiger partial charge in [-0.3, -0.25) is 0 Å². The third kappa shape index (κ3) is 3.45. The molecule has 1 saturated heterocycles. The van der Waals surface area contributed by atoms with E-state index in [0.29, 0.717) is 6.10 Å². The van der Waals surface area contributed by atoms with Crippen LogP contribution in [0.3, 0.4) is 0 Å². The van der Waals surface area contributed by atoms with Crippen LogP contribution >= 0.6 is 11.8 Å². The van der Waals surface area contributed by atoms with Crippen molar-refractivity contribution >= 4 is 11.8 Å². The van der Waals surface area contributed by atoms with Crippen molar-refractivity contribution in [2.24, 2.45) is 0 Å². The molecule has 0 aromatic heterocycles. The molecule has 1 aliphatic heterocycles. The van der Waals surface area contributed by atoms with Gasteiger partial charge in [0.1, 0.15) is 0 Å². The van der Waals surface area contributed by atoms with Gasteiger partial charge in [-0.05, 0) is 19.1 Å². The van der Waals surface area contributed by atoms with Gasteiger partial charge in [-0.1, -0.05) is 0 Å². The van der Waals surface area contributed by atoms with Crippen LogP contribution < -0.4 is 0 Å². The molecule has 11 heavy (non-hydrogen) atoms. The van der Waals surface area contributed by atoms with Crippen LogP contribution in [0.4, 0.5) is 0 Å². The Morgan fingerprint density at radius 1 is 1.73 bits per heavy atom. The first-order chi connectivity index (χ1) is 5.33. The van der Waals surface area contributed by atoms with Gasteiger partial charge < -0.3 is 9.84 Å². The minimum absolute atomic E-state index is 0.173. The van der Waals surface area contributed by atoms with Crippen LogP contribution in [0.25, 0.3) is 0 Å². The van der Waals surface area contributed by atoms with Gasteiger partial charge in [0.15, 0.2) is 0 Å². The van der Waals surface area contributed by atoms with E-state index in [4.69, 9.17) is 4.74 Å². The lowest BCUT2D eigenvalue weighted by molar-refractivity contribution is 0.0622. The quantitative estimate of drug-likeness (QED) is 0.699. The lowest BCUT2D eigenvalue weighted by Gasteiger charge is -2.13. The molecular weight excluding hydrogens is 160 g/mol. The van der Waals surface area contributed by atoms with Gasteiger partial charge in [-0.25, -0.2) is 0 Å². The number of hydrogen-bond acceptors (Lipinski definition) is 3. The summed E-state index contributed by atoms with van der Waals surface area (Å²) >= 11 is 1.69. The fourth-order valence-electron chi connectivity index (χ4n) is 1.39. The maximum Gasteiger partial charge on any atom is 0.0655 e. The van der Waals surface area contributed by atoms with E-state index in [2.05, 4.69) is 0 Å². The van der Waals surface area contributed by atoms with Crippen LogP contribution in [0.2, 0.25) is 0 Å². The van der Waals surface area contributed by atoms with Gasteiger partial charge in [0.2, 0.25) is 0 Å². The molecule has 1 N–H and O–H groups in total. The second kappa shape index (κ2) is 5.01. The summed E-state index contributed by atoms with van der Waals surface area (Å²) in [7, 11) is 0. The van der Waals surface area contributed by atoms with Gasteiger partial charge in [-0.2, -0.15) is 11.8 Å². The number of ether oxygens (including phenoxy) is 1. The van der Waals surface area contributed by atoms with E-state index >= 15 is 0 Å². The highest BCUT2D eigenvalue weighted by molar-refractivity contribution is 7.98. The molecule has 0 aromatic rings. The largest absolute Gasteiger partial charge is 0.392 e. The number of thioether (sulfide) groups is 1. The molecule has 0 bridgehead atoms. The molecule has 0 spiro atoms. The Bertz CT molecular complexity index is 102. The van der Waals surface area contributed by atoms with Crippen molar-refractivity contribution in [3.8, 4) is 0 Å². The number of hydrogen-bond donors (Lipinski definition) is 1. The predicted octanol–water partition coefficient (Wildman–Crippen LogP) is 1.28. The zero-order chi connectivity index (χ0) is 8.10. The normalized spacial score (nSPS) is 27.3. The third-order valence-corrected chi connectivity index (χ3v) is 2.64. The van der Waals surface area contributed by atoms with E-state index < -0.39 is 0 Å². The number of rotatable bonds is 4. The molecule has 2 atom stereocenters. The second-order valence-corrected chi connectivity index (χ2v) is 3.89. The van der Waals surface area contributed by atoms with E-state index in [-0.39, 0.29) is 6.10 Å². The average molecular weight is 176 g/mol. The van der Waals surface area contributed by atoms with Crippen LogP contribution in [0, 0.1) is 0 Å². The minimum Gasteiger partial charge on any atom is -0.392 e. The number of aliphatic hydroxyl groups excluding tert-OH is 1. The Labute approximate surface area is 72.3 Å². The molecule has 1 aliphatic rings. The second-order valence-electron chi connectivity index (χ2n) is 2.98. The van der Waals surface area contributed by atoms with Crippen LogP contribution in [-0.2, 0) is 4.74 Å². The molecule has 1 heterocycles. The lowest BCUT2D eigenvalue weighted by Crippen LogP contribution is -2.18. The average Bonchev–Trinajstić information content (AvgIpc) is 2.40. The molecule has 1 fully saturated rings. The van der Waals surface area contributed by atoms with Crippen molar-refractivity contribution in [2.75, 3.05) is 18.6 Å². The van der Waals surface area contributed by atoms with E-state index in [9.17, 15) is 5.11 Å². The summed E-state index contributed by atoms with van der Waals surface area (Å²) in [5, 5.41) is 9.41. The molecular formula is C8H16O2S. The highest BCUT2D eigenvalue weighted by Gasteiger charge is 2.18. The Balaban J connectivity index is 2.08. The Kier molecular flexibility index (Phi) is 4.26. The maximum atomic E-state index is 9.41. The van der Waals surface area contributed by atoms with Gasteiger partial charge >= 0.3 is 0 Å². The van der Waals surface area contributed by atoms with E-state index in [1.165, 1.54) is 0 Å². The molecule has 3 heteroatoms. The zero-order valence-corrected chi connectivity index (χ0v) is 7.77. The van der Waals surface area contributed by atoms with Crippen molar-refractivity contribution in [1.29, 1.82) is 0 Å². The molecule has 0 aliphatic carbocycles. The Morgan fingerprint density at radius 2 is 2.55 bits per heavy atom. The summed E-state index contributed by atoms with van der Waals surface area (Å²) in [6.07, 6.45) is 5.28. The topological polar surface area (TPSA) is 29.5 Å². The fourth-order valence-corrected chi connectivity index (χ4v) is 1.91. The first-order valence-electron chi connectivity index (χ1n) is 4.11. The highest BCUT2D eigenvalue weighted by Crippen LogP contribution is 2.17. The van der Waals surface area contributed by atoms with Crippen LogP contribution in [-0.4, -0.2) is 35.9 Å². The first-order valence-corrected chi connectivity index (χ1v) is 5.51. The summed E-state index contributed by atoms with van der Waals surface area (Å²) in [6.45, 7) is 0.886. The van der Waals surface area contributed by atoms with Crippen LogP contribution in [0.1, 0.15) is 19.3 Å². The molecule has 2 nitrogen and oxygen atoms in total. The van der Waals surface area contributed by atoms with Gasteiger partial charge in [0, 0.05) is 18.8 Å². The summed E-state index contributed by atoms with van der Waals surface area (Å²) in [5.41, 5.74) is 0. The molecule has 0 radical (unpaired) electrons. The van der Waals surface area contributed by atoms with Gasteiger partial charge in [0.25, 0.3) is 0 Å². The molecule has 0 saturated carbocycles. The summed E-state index contributed by atoms with van der Waals surface area (Å²) < 4.78 is 5.40. The van der Waals surface area contributed by atoms with Crippen molar-refractivity contribution in [1.82, 2.24) is 0 Å². The predicted molar refractivity (Wildman–Crippen MR) is 48.0 cm³/mol. The van der Waals surface area contributed by atoms with Crippen molar-refractivity contribution < 1.29 is 9.84 Å². The standard InChI is InChI=1S/C8H16O2S/c1-11-6-7(9)5-8-3-2-4-10-8/h7-9H,2-6H2,1H3. The molecule has 1 rings (SSSR count). The highest BCUT2D eigenvalue weighted by atomic mass is 32.2. The summed E-state index contributed by atoms with van der Waals surface area (Å²) in [4.78, 5) is 0. The van der Waals surface area contributed by atoms with Gasteiger partial charge in [-0.15, -0.1) is 0 Å². The SMILES string of the molecule is CSCC(O)CC1CCCO1. The van der Waals surface area contributed by atoms with E-state index in [1.807, 2.05) is 6.26 Å². The summed E-state index contributed by atoms with van der Waals surface area (Å²) in [5.74, 6) is 0.833. The van der Waals surface area contributed by atoms with Crippen molar-refractivity contribution in [3.63, 3.8) is 0 Å². The van der Waals surface area contributed by atoms with Crippen LogP contribution in [0.5, 0.6) is 0 Å². The maximum absolute atomic E-state index is 9.41. The third-order valence-electron chi connectivity index (χ3n) is 1.92. The molecule has 2 unspecified atom stereocenters. The monoisotopic (exact) mass is 176 g/mol. The lowest BCUT2D eigenvalue weighted by atomic mass is 10.1. The summed E-state index contributed by atoms with van der Waals surface area (Å²) in [6, 6.07) is 0. The molecule has 0 aromatic carbocycles. The van der Waals surface area contributed by atoms with E-state index in [0.717, 1.165) is 31.6 Å². The Hall–Kier alpha value is 0.270. The fraction of sp³-hybridized carbons (Fsp3) is 1.00. The van der Waals surface area contributed by atoms with E-state index in [1.54, 1.807) is 11.8 Å².